The van der Waals surface area contributed by atoms with Gasteiger partial charge in [0.2, 0.25) is 0 Å². The van der Waals surface area contributed by atoms with Crippen molar-refractivity contribution >= 4 is 24.0 Å². The van der Waals surface area contributed by atoms with Gasteiger partial charge in [-0.25, -0.2) is 0 Å². The Morgan fingerprint density at radius 3 is 2.72 bits per heavy atom. The molecule has 1 heterocycles. The zero-order chi connectivity index (χ0) is 12.8. The van der Waals surface area contributed by atoms with E-state index in [2.05, 4.69) is 16.9 Å². The lowest BCUT2D eigenvalue weighted by Gasteiger charge is -2.16. The third-order valence-corrected chi connectivity index (χ3v) is 3.92. The average molecular weight is 280 g/mol. The van der Waals surface area contributed by atoms with Crippen LogP contribution in [0.5, 0.6) is 5.75 Å². The molecule has 0 aliphatic rings. The van der Waals surface area contributed by atoms with E-state index in [0.717, 1.165) is 23.6 Å². The summed E-state index contributed by atoms with van der Waals surface area (Å²) in [6.45, 7) is 2.12. The number of para-hydroxylation sites is 1. The van der Waals surface area contributed by atoms with Gasteiger partial charge in [0.25, 0.3) is 0 Å². The van der Waals surface area contributed by atoms with Crippen molar-refractivity contribution in [2.24, 2.45) is 0 Å². The minimum absolute atomic E-state index is 0.157. The molecule has 2 aromatic rings. The van der Waals surface area contributed by atoms with Gasteiger partial charge in [-0.05, 0) is 30.8 Å². The number of benzene rings is 1. The molecule has 0 amide bonds. The van der Waals surface area contributed by atoms with E-state index in [1.165, 1.54) is 0 Å². The molecule has 1 aromatic carbocycles. The lowest BCUT2D eigenvalue weighted by atomic mass is 10.3. The second-order valence-corrected chi connectivity index (χ2v) is 5.40. The Bertz CT molecular complexity index is 521. The van der Waals surface area contributed by atoms with Gasteiger partial charge >= 0.3 is 0 Å². The number of imidazole rings is 1. The maximum absolute atomic E-state index is 5.90. The van der Waals surface area contributed by atoms with Gasteiger partial charge in [-0.3, -0.25) is 0 Å². The summed E-state index contributed by atoms with van der Waals surface area (Å²) in [6, 6.07) is 9.91. The number of hydrogen-bond donors (Lipinski definition) is 2. The van der Waals surface area contributed by atoms with Crippen LogP contribution in [0.2, 0.25) is 0 Å². The summed E-state index contributed by atoms with van der Waals surface area (Å²) in [5.41, 5.74) is 1.25. The summed E-state index contributed by atoms with van der Waals surface area (Å²) < 4.78 is 6.57. The Morgan fingerprint density at radius 2 is 2.11 bits per heavy atom. The minimum Gasteiger partial charge on any atom is -0.480 e. The fraction of sp³-hybridized carbons (Fsp3) is 0.308. The third kappa shape index (κ3) is 3.92. The first-order chi connectivity index (χ1) is 8.78. The normalized spacial score (nSPS) is 12.3. The number of hydrogen-bond acceptors (Lipinski definition) is 3. The lowest BCUT2D eigenvalue weighted by Crippen LogP contribution is -2.11. The van der Waals surface area contributed by atoms with Crippen LogP contribution in [0, 0.1) is 4.77 Å². The second kappa shape index (κ2) is 6.66. The van der Waals surface area contributed by atoms with Gasteiger partial charge in [0, 0.05) is 17.6 Å². The first kappa shape index (κ1) is 13.2. The number of aromatic nitrogens is 2. The fourth-order valence-corrected chi connectivity index (χ4v) is 2.64. The van der Waals surface area contributed by atoms with Crippen LogP contribution in [-0.4, -0.2) is 15.4 Å². The molecular weight excluding hydrogens is 264 g/mol. The number of H-pyrrole nitrogens is 2. The number of thioether (sulfide) groups is 1. The highest BCUT2D eigenvalue weighted by molar-refractivity contribution is 7.99. The quantitative estimate of drug-likeness (QED) is 0.617. The van der Waals surface area contributed by atoms with Crippen LogP contribution in [0.4, 0.5) is 0 Å². The number of ether oxygens (including phenoxy) is 1. The van der Waals surface area contributed by atoms with E-state index in [-0.39, 0.29) is 5.44 Å². The molecule has 0 aliphatic carbocycles. The first-order valence-electron chi connectivity index (χ1n) is 5.88. The standard InChI is InChI=1S/C13H16N2OS2/c1-2-12(16-11-6-4-3-5-7-11)18-9-10-8-14-13(17)15-10/h3-8,12H,2,9H2,1H3,(H2,14,15,17). The van der Waals surface area contributed by atoms with Crippen molar-refractivity contribution in [2.75, 3.05) is 0 Å². The predicted molar refractivity (Wildman–Crippen MR) is 78.4 cm³/mol. The fourth-order valence-electron chi connectivity index (χ4n) is 1.52. The highest BCUT2D eigenvalue weighted by Crippen LogP contribution is 2.23. The zero-order valence-electron chi connectivity index (χ0n) is 10.2. The molecule has 1 unspecified atom stereocenters. The molecule has 0 fully saturated rings. The van der Waals surface area contributed by atoms with Gasteiger partial charge < -0.3 is 14.7 Å². The number of aromatic amines is 2. The summed E-state index contributed by atoms with van der Waals surface area (Å²) in [5.74, 6) is 1.78. The minimum atomic E-state index is 0.157. The third-order valence-electron chi connectivity index (χ3n) is 2.42. The molecule has 2 rings (SSSR count). The van der Waals surface area contributed by atoms with Gasteiger partial charge in [-0.2, -0.15) is 0 Å². The molecule has 0 saturated carbocycles. The van der Waals surface area contributed by atoms with Crippen molar-refractivity contribution in [3.63, 3.8) is 0 Å². The summed E-state index contributed by atoms with van der Waals surface area (Å²) >= 11 is 6.76. The van der Waals surface area contributed by atoms with E-state index in [1.54, 1.807) is 11.8 Å². The molecule has 0 saturated heterocycles. The van der Waals surface area contributed by atoms with Crippen LogP contribution in [0.15, 0.2) is 36.5 Å². The number of nitrogens with one attached hydrogen (secondary N) is 2. The summed E-state index contributed by atoms with van der Waals surface area (Å²) in [4.78, 5) is 6.07. The molecule has 0 radical (unpaired) electrons. The molecule has 2 N–H and O–H groups in total. The maximum Gasteiger partial charge on any atom is 0.174 e. The number of rotatable bonds is 6. The van der Waals surface area contributed by atoms with Crippen molar-refractivity contribution < 1.29 is 4.74 Å². The zero-order valence-corrected chi connectivity index (χ0v) is 11.8. The van der Waals surface area contributed by atoms with Crippen LogP contribution in [0.1, 0.15) is 19.0 Å². The topological polar surface area (TPSA) is 40.8 Å². The van der Waals surface area contributed by atoms with Gasteiger partial charge in [0.15, 0.2) is 4.77 Å². The van der Waals surface area contributed by atoms with Crippen LogP contribution in [0.25, 0.3) is 0 Å². The van der Waals surface area contributed by atoms with Gasteiger partial charge in [-0.15, -0.1) is 11.8 Å². The van der Waals surface area contributed by atoms with Crippen molar-refractivity contribution in [2.45, 2.75) is 24.5 Å². The summed E-state index contributed by atoms with van der Waals surface area (Å²) in [7, 11) is 0. The molecular formula is C13H16N2OS2. The van der Waals surface area contributed by atoms with Crippen LogP contribution >= 0.6 is 24.0 Å². The highest BCUT2D eigenvalue weighted by Gasteiger charge is 2.09. The Kier molecular flexibility index (Phi) is 4.90. The molecule has 0 aliphatic heterocycles. The van der Waals surface area contributed by atoms with Crippen LogP contribution < -0.4 is 4.74 Å². The molecule has 3 nitrogen and oxygen atoms in total. The summed E-state index contributed by atoms with van der Waals surface area (Å²) in [5, 5.41) is 0. The van der Waals surface area contributed by atoms with Crippen molar-refractivity contribution in [3.8, 4) is 5.75 Å². The molecule has 0 spiro atoms. The Morgan fingerprint density at radius 1 is 1.33 bits per heavy atom. The Labute approximate surface area is 116 Å². The van der Waals surface area contributed by atoms with Crippen molar-refractivity contribution in [1.29, 1.82) is 0 Å². The smallest absolute Gasteiger partial charge is 0.174 e. The first-order valence-corrected chi connectivity index (χ1v) is 7.33. The molecule has 5 heteroatoms. The monoisotopic (exact) mass is 280 g/mol. The molecule has 1 aromatic heterocycles. The molecule has 96 valence electrons. The van der Waals surface area contributed by atoms with E-state index in [9.17, 15) is 0 Å². The van der Waals surface area contributed by atoms with Gasteiger partial charge in [0.1, 0.15) is 11.2 Å². The van der Waals surface area contributed by atoms with Crippen LogP contribution in [0.3, 0.4) is 0 Å². The second-order valence-electron chi connectivity index (χ2n) is 3.85. The molecule has 1 atom stereocenters. The Balaban J connectivity index is 1.88. The van der Waals surface area contributed by atoms with Crippen LogP contribution in [-0.2, 0) is 5.75 Å². The van der Waals surface area contributed by atoms with Crippen molar-refractivity contribution in [3.05, 3.63) is 47.0 Å². The van der Waals surface area contributed by atoms with E-state index in [1.807, 2.05) is 36.5 Å². The van der Waals surface area contributed by atoms with E-state index < -0.39 is 0 Å². The molecule has 0 bridgehead atoms. The van der Waals surface area contributed by atoms with Gasteiger partial charge in [0.05, 0.1) is 0 Å². The lowest BCUT2D eigenvalue weighted by molar-refractivity contribution is 0.283. The summed E-state index contributed by atoms with van der Waals surface area (Å²) in [6.07, 6.45) is 2.87. The van der Waals surface area contributed by atoms with E-state index in [4.69, 9.17) is 17.0 Å². The van der Waals surface area contributed by atoms with Crippen molar-refractivity contribution in [1.82, 2.24) is 9.97 Å². The highest BCUT2D eigenvalue weighted by atomic mass is 32.2. The van der Waals surface area contributed by atoms with Gasteiger partial charge in [-0.1, -0.05) is 25.1 Å². The maximum atomic E-state index is 5.90. The predicted octanol–water partition coefficient (Wildman–Crippen LogP) is 4.12. The molecule has 18 heavy (non-hydrogen) atoms. The van der Waals surface area contributed by atoms with E-state index >= 15 is 0 Å². The Hall–Kier alpha value is -1.20. The SMILES string of the molecule is CCC(Oc1ccccc1)SCc1c[nH]c(=S)[nH]1. The largest absolute Gasteiger partial charge is 0.480 e. The van der Waals surface area contributed by atoms with E-state index in [0.29, 0.717) is 4.77 Å². The average Bonchev–Trinajstić information content (AvgIpc) is 2.81.